The van der Waals surface area contributed by atoms with E-state index in [4.69, 9.17) is 28.6 Å². The van der Waals surface area contributed by atoms with Crippen molar-refractivity contribution in [2.24, 2.45) is 0 Å². The summed E-state index contributed by atoms with van der Waals surface area (Å²) in [5.74, 6) is 0.383. The molecule has 2 N–H and O–H groups in total. The van der Waals surface area contributed by atoms with Crippen LogP contribution in [0.4, 0.5) is 11.4 Å². The Balaban J connectivity index is 1.61. The predicted octanol–water partition coefficient (Wildman–Crippen LogP) is 5.23. The lowest BCUT2D eigenvalue weighted by molar-refractivity contribution is 0.0977. The molecule has 1 aliphatic heterocycles. The number of hydrogen-bond acceptors (Lipinski definition) is 4. The number of benzene rings is 2. The number of carbonyl (C=O) groups excluding carboxylic acids is 1. The van der Waals surface area contributed by atoms with E-state index in [1.165, 1.54) is 12.8 Å². The average molecular weight is 483 g/mol. The molecule has 1 aliphatic rings. The van der Waals surface area contributed by atoms with Gasteiger partial charge < -0.3 is 15.0 Å². The minimum atomic E-state index is -0.305. The van der Waals surface area contributed by atoms with Crippen LogP contribution >= 0.6 is 39.7 Å². The first kappa shape index (κ1) is 20.9. The molecule has 5 nitrogen and oxygen atoms in total. The van der Waals surface area contributed by atoms with Crippen molar-refractivity contribution in [3.05, 3.63) is 51.5 Å². The molecule has 1 fully saturated rings. The van der Waals surface area contributed by atoms with Gasteiger partial charge >= 0.3 is 0 Å². The molecule has 8 heteroatoms. The molecule has 0 aliphatic carbocycles. The Morgan fingerprint density at radius 3 is 2.64 bits per heavy atom. The van der Waals surface area contributed by atoms with E-state index in [9.17, 15) is 4.79 Å². The van der Waals surface area contributed by atoms with Crippen LogP contribution < -0.4 is 20.3 Å². The number of rotatable bonds is 5. The third kappa shape index (κ3) is 5.16. The van der Waals surface area contributed by atoms with E-state index in [2.05, 4.69) is 31.5 Å². The summed E-state index contributed by atoms with van der Waals surface area (Å²) in [6, 6.07) is 10.8. The van der Waals surface area contributed by atoms with Gasteiger partial charge in [0.1, 0.15) is 5.75 Å². The maximum absolute atomic E-state index is 12.4. The van der Waals surface area contributed by atoms with Crippen molar-refractivity contribution in [2.45, 2.75) is 19.8 Å². The third-order valence-corrected chi connectivity index (χ3v) is 5.50. The van der Waals surface area contributed by atoms with Crippen LogP contribution in [-0.4, -0.2) is 30.7 Å². The lowest BCUT2D eigenvalue weighted by atomic mass is 10.2. The number of carbonyl (C=O) groups is 1. The Morgan fingerprint density at radius 2 is 2.00 bits per heavy atom. The lowest BCUT2D eigenvalue weighted by Gasteiger charge is -2.20. The highest BCUT2D eigenvalue weighted by atomic mass is 79.9. The molecule has 2 aromatic carbocycles. The molecule has 0 atom stereocenters. The van der Waals surface area contributed by atoms with Crippen molar-refractivity contribution in [3.8, 4) is 5.75 Å². The highest BCUT2D eigenvalue weighted by molar-refractivity contribution is 9.10. The van der Waals surface area contributed by atoms with E-state index >= 15 is 0 Å². The summed E-state index contributed by atoms with van der Waals surface area (Å²) in [4.78, 5) is 14.7. The van der Waals surface area contributed by atoms with Crippen LogP contribution in [0, 0.1) is 0 Å². The standard InChI is InChI=1S/C20H21BrClN3O2S/c1-2-27-18-8-5-13(11-15(18)21)19(26)24-20(28)23-14-6-7-17(16(22)12-14)25-9-3-4-10-25/h5-8,11-12H,2-4,9-10H2,1H3,(H2,23,24,26,28). The topological polar surface area (TPSA) is 53.6 Å². The fraction of sp³-hybridized carbons (Fsp3) is 0.300. The van der Waals surface area contributed by atoms with E-state index < -0.39 is 0 Å². The Bertz CT molecular complexity index is 888. The van der Waals surface area contributed by atoms with Crippen LogP contribution in [-0.2, 0) is 0 Å². The third-order valence-electron chi connectivity index (χ3n) is 4.37. The summed E-state index contributed by atoms with van der Waals surface area (Å²) in [7, 11) is 0. The summed E-state index contributed by atoms with van der Waals surface area (Å²) in [5, 5.41) is 6.56. The molecule has 0 radical (unpaired) electrons. The van der Waals surface area contributed by atoms with Crippen LogP contribution in [0.25, 0.3) is 0 Å². The number of ether oxygens (including phenoxy) is 1. The number of hydrogen-bond donors (Lipinski definition) is 2. The fourth-order valence-electron chi connectivity index (χ4n) is 3.05. The van der Waals surface area contributed by atoms with Gasteiger partial charge in [-0.25, -0.2) is 0 Å². The first-order valence-corrected chi connectivity index (χ1v) is 10.6. The molecular weight excluding hydrogens is 462 g/mol. The van der Waals surface area contributed by atoms with Gasteiger partial charge in [0.05, 0.1) is 21.8 Å². The van der Waals surface area contributed by atoms with Gasteiger partial charge in [0.15, 0.2) is 5.11 Å². The van der Waals surface area contributed by atoms with Gasteiger partial charge in [0, 0.05) is 24.3 Å². The zero-order chi connectivity index (χ0) is 20.1. The van der Waals surface area contributed by atoms with Crippen LogP contribution in [0.15, 0.2) is 40.9 Å². The largest absolute Gasteiger partial charge is 0.493 e. The van der Waals surface area contributed by atoms with Gasteiger partial charge in [-0.1, -0.05) is 11.6 Å². The van der Waals surface area contributed by atoms with Crippen LogP contribution in [0.3, 0.4) is 0 Å². The second-order valence-corrected chi connectivity index (χ2v) is 8.02. The molecule has 28 heavy (non-hydrogen) atoms. The quantitative estimate of drug-likeness (QED) is 0.572. The number of halogens is 2. The smallest absolute Gasteiger partial charge is 0.257 e. The summed E-state index contributed by atoms with van der Waals surface area (Å²) in [5.41, 5.74) is 2.23. The van der Waals surface area contributed by atoms with Crippen molar-refractivity contribution in [1.29, 1.82) is 0 Å². The maximum Gasteiger partial charge on any atom is 0.257 e. The summed E-state index contributed by atoms with van der Waals surface area (Å²) in [6.45, 7) is 4.51. The fourth-order valence-corrected chi connectivity index (χ4v) is 4.06. The van der Waals surface area contributed by atoms with Crippen molar-refractivity contribution >= 4 is 62.1 Å². The molecule has 148 valence electrons. The van der Waals surface area contributed by atoms with E-state index in [-0.39, 0.29) is 11.0 Å². The van der Waals surface area contributed by atoms with Gasteiger partial charge in [-0.05, 0) is 84.3 Å². The minimum absolute atomic E-state index is 0.208. The lowest BCUT2D eigenvalue weighted by Crippen LogP contribution is -2.34. The van der Waals surface area contributed by atoms with Crippen LogP contribution in [0.5, 0.6) is 5.75 Å². The summed E-state index contributed by atoms with van der Waals surface area (Å²) >= 11 is 15.1. The minimum Gasteiger partial charge on any atom is -0.493 e. The van der Waals surface area contributed by atoms with Gasteiger partial charge in [-0.2, -0.15) is 0 Å². The number of nitrogens with one attached hydrogen (secondary N) is 2. The van der Waals surface area contributed by atoms with Gasteiger partial charge in [-0.3, -0.25) is 10.1 Å². The maximum atomic E-state index is 12.4. The molecule has 2 aromatic rings. The zero-order valence-electron chi connectivity index (χ0n) is 15.4. The molecule has 0 spiro atoms. The zero-order valence-corrected chi connectivity index (χ0v) is 18.6. The summed E-state index contributed by atoms with van der Waals surface area (Å²) in [6.07, 6.45) is 2.38. The van der Waals surface area contributed by atoms with Crippen molar-refractivity contribution in [2.75, 3.05) is 29.9 Å². The Labute approximate surface area is 183 Å². The molecule has 3 rings (SSSR count). The molecule has 1 amide bonds. The Kier molecular flexibility index (Phi) is 7.15. The van der Waals surface area contributed by atoms with Crippen LogP contribution in [0.2, 0.25) is 5.02 Å². The highest BCUT2D eigenvalue weighted by Gasteiger charge is 2.16. The molecular formula is C20H21BrClN3O2S. The number of nitrogens with zero attached hydrogens (tertiary/aromatic N) is 1. The number of amides is 1. The van der Waals surface area contributed by atoms with Crippen molar-refractivity contribution in [3.63, 3.8) is 0 Å². The highest BCUT2D eigenvalue weighted by Crippen LogP contribution is 2.31. The van der Waals surface area contributed by atoms with Crippen molar-refractivity contribution in [1.82, 2.24) is 5.32 Å². The molecule has 0 unspecified atom stereocenters. The Morgan fingerprint density at radius 1 is 1.25 bits per heavy atom. The molecule has 1 heterocycles. The van der Waals surface area contributed by atoms with Crippen LogP contribution in [0.1, 0.15) is 30.1 Å². The second-order valence-electron chi connectivity index (χ2n) is 6.35. The molecule has 0 saturated carbocycles. The second kappa shape index (κ2) is 9.58. The number of anilines is 2. The van der Waals surface area contributed by atoms with Crippen molar-refractivity contribution < 1.29 is 9.53 Å². The SMILES string of the molecule is CCOc1ccc(C(=O)NC(=S)Nc2ccc(N3CCCC3)c(Cl)c2)cc1Br. The van der Waals surface area contributed by atoms with Gasteiger partial charge in [0.2, 0.25) is 0 Å². The molecule has 0 aromatic heterocycles. The van der Waals surface area contributed by atoms with E-state index in [1.54, 1.807) is 18.2 Å². The van der Waals surface area contributed by atoms with E-state index in [0.29, 0.717) is 27.4 Å². The van der Waals surface area contributed by atoms with E-state index in [1.807, 2.05) is 25.1 Å². The predicted molar refractivity (Wildman–Crippen MR) is 122 cm³/mol. The summed E-state index contributed by atoms with van der Waals surface area (Å²) < 4.78 is 6.17. The van der Waals surface area contributed by atoms with E-state index in [0.717, 1.165) is 24.5 Å². The molecule has 0 bridgehead atoms. The average Bonchev–Trinajstić information content (AvgIpc) is 3.18. The monoisotopic (exact) mass is 481 g/mol. The molecule has 1 saturated heterocycles. The Hall–Kier alpha value is -1.83. The van der Waals surface area contributed by atoms with Gasteiger partial charge in [0.25, 0.3) is 5.91 Å². The number of thiocarbonyl (C=S) groups is 1. The first-order chi connectivity index (χ1) is 13.5. The first-order valence-electron chi connectivity index (χ1n) is 9.07. The van der Waals surface area contributed by atoms with Gasteiger partial charge in [-0.15, -0.1) is 0 Å². The normalized spacial score (nSPS) is 13.3.